The first-order valence-electron chi connectivity index (χ1n) is 10.1. The maximum absolute atomic E-state index is 11.4. The number of thioether (sulfide) groups is 1. The number of aryl methyl sites for hydroxylation is 1. The predicted octanol–water partition coefficient (Wildman–Crippen LogP) is 3.99. The summed E-state index contributed by atoms with van der Waals surface area (Å²) in [5.74, 6) is -0.896. The van der Waals surface area contributed by atoms with Crippen molar-refractivity contribution in [3.8, 4) is 0 Å². The zero-order valence-corrected chi connectivity index (χ0v) is 18.9. The van der Waals surface area contributed by atoms with Crippen molar-refractivity contribution in [2.45, 2.75) is 70.0 Å². The molecule has 2 aromatic rings. The molecule has 0 bridgehead atoms. The van der Waals surface area contributed by atoms with E-state index in [0.29, 0.717) is 13.0 Å². The van der Waals surface area contributed by atoms with Crippen molar-refractivity contribution in [1.29, 1.82) is 0 Å². The standard InChI is InChI=1S/C19H24N2O3S.C3H8O2/c1-3-23-19(22)10-11-25-16-6-4-15(5-7-16)17-8-9-18(24-17)21-13-20-12-14(21)2;1-3(2,4)5/h4-7,12-13,17-18H,3,8-11H2,1-2H3;4-5H,1-2H3/t17-,18-;/m1./s1. The summed E-state index contributed by atoms with van der Waals surface area (Å²) in [6.45, 7) is 6.92. The highest BCUT2D eigenvalue weighted by Crippen LogP contribution is 2.38. The Balaban J connectivity index is 0.000000575. The van der Waals surface area contributed by atoms with E-state index < -0.39 is 5.79 Å². The van der Waals surface area contributed by atoms with E-state index in [1.807, 2.05) is 26.4 Å². The van der Waals surface area contributed by atoms with Gasteiger partial charge in [-0.1, -0.05) is 12.1 Å². The highest BCUT2D eigenvalue weighted by Gasteiger charge is 2.28. The van der Waals surface area contributed by atoms with Crippen LogP contribution in [0.3, 0.4) is 0 Å². The largest absolute Gasteiger partial charge is 0.466 e. The Morgan fingerprint density at radius 1 is 1.30 bits per heavy atom. The average Bonchev–Trinajstić information content (AvgIpc) is 3.30. The fraction of sp³-hybridized carbons (Fsp3) is 0.545. The number of nitrogens with zero attached hydrogens (tertiary/aromatic N) is 2. The zero-order valence-electron chi connectivity index (χ0n) is 18.1. The molecule has 2 N–H and O–H groups in total. The maximum atomic E-state index is 11.4. The van der Waals surface area contributed by atoms with Crippen LogP contribution >= 0.6 is 11.8 Å². The number of benzene rings is 1. The summed E-state index contributed by atoms with van der Waals surface area (Å²) in [4.78, 5) is 16.7. The quantitative estimate of drug-likeness (QED) is 0.385. The molecule has 0 spiro atoms. The molecule has 1 fully saturated rings. The smallest absolute Gasteiger partial charge is 0.306 e. The Hall–Kier alpha value is -1.87. The van der Waals surface area contributed by atoms with Crippen LogP contribution in [0.4, 0.5) is 0 Å². The van der Waals surface area contributed by atoms with Crippen molar-refractivity contribution in [3.63, 3.8) is 0 Å². The molecule has 1 saturated heterocycles. The van der Waals surface area contributed by atoms with Crippen molar-refractivity contribution in [3.05, 3.63) is 48.0 Å². The third-order valence-electron chi connectivity index (χ3n) is 4.30. The monoisotopic (exact) mass is 436 g/mol. The van der Waals surface area contributed by atoms with Crippen LogP contribution in [0.15, 0.2) is 41.7 Å². The first-order chi connectivity index (χ1) is 14.2. The third-order valence-corrected chi connectivity index (χ3v) is 5.31. The van der Waals surface area contributed by atoms with Gasteiger partial charge in [-0.2, -0.15) is 0 Å². The number of rotatable bonds is 7. The molecule has 0 unspecified atom stereocenters. The van der Waals surface area contributed by atoms with Gasteiger partial charge in [-0.15, -0.1) is 11.8 Å². The lowest BCUT2D eigenvalue weighted by atomic mass is 10.1. The Morgan fingerprint density at radius 3 is 2.53 bits per heavy atom. The lowest BCUT2D eigenvalue weighted by molar-refractivity contribution is -0.142. The van der Waals surface area contributed by atoms with Crippen molar-refractivity contribution in [2.24, 2.45) is 0 Å². The first kappa shape index (κ1) is 24.4. The van der Waals surface area contributed by atoms with E-state index in [9.17, 15) is 4.79 Å². The lowest BCUT2D eigenvalue weighted by Gasteiger charge is -2.16. The molecular formula is C22H32N2O5S. The molecule has 0 radical (unpaired) electrons. The van der Waals surface area contributed by atoms with E-state index in [4.69, 9.17) is 19.7 Å². The summed E-state index contributed by atoms with van der Waals surface area (Å²) in [6.07, 6.45) is 6.36. The summed E-state index contributed by atoms with van der Waals surface area (Å²) in [7, 11) is 0. The van der Waals surface area contributed by atoms with E-state index in [-0.39, 0.29) is 18.3 Å². The minimum absolute atomic E-state index is 0.0751. The molecule has 1 aliphatic heterocycles. The van der Waals surface area contributed by atoms with E-state index >= 15 is 0 Å². The molecule has 0 amide bonds. The van der Waals surface area contributed by atoms with Crippen LogP contribution in [0, 0.1) is 6.92 Å². The molecule has 7 nitrogen and oxygen atoms in total. The number of carbonyl (C=O) groups excluding carboxylic acids is 1. The highest BCUT2D eigenvalue weighted by atomic mass is 32.2. The van der Waals surface area contributed by atoms with Crippen molar-refractivity contribution in [2.75, 3.05) is 12.4 Å². The van der Waals surface area contributed by atoms with Crippen LogP contribution < -0.4 is 0 Å². The predicted molar refractivity (Wildman–Crippen MR) is 116 cm³/mol. The Morgan fingerprint density at radius 2 is 1.97 bits per heavy atom. The van der Waals surface area contributed by atoms with Crippen LogP contribution in [-0.2, 0) is 14.3 Å². The summed E-state index contributed by atoms with van der Waals surface area (Å²) >= 11 is 1.67. The van der Waals surface area contributed by atoms with E-state index in [1.54, 1.807) is 11.8 Å². The average molecular weight is 437 g/mol. The van der Waals surface area contributed by atoms with E-state index in [2.05, 4.69) is 33.8 Å². The van der Waals surface area contributed by atoms with Gasteiger partial charge in [0.15, 0.2) is 5.79 Å². The second-order valence-corrected chi connectivity index (χ2v) is 8.73. The van der Waals surface area contributed by atoms with Gasteiger partial charge in [0.1, 0.15) is 6.23 Å². The molecule has 1 aliphatic rings. The number of aromatic nitrogens is 2. The minimum Gasteiger partial charge on any atom is -0.466 e. The lowest BCUT2D eigenvalue weighted by Crippen LogP contribution is -2.15. The summed E-state index contributed by atoms with van der Waals surface area (Å²) in [5.41, 5.74) is 2.33. The Bertz CT molecular complexity index is 780. The molecule has 30 heavy (non-hydrogen) atoms. The molecule has 2 heterocycles. The van der Waals surface area contributed by atoms with E-state index in [1.165, 1.54) is 19.4 Å². The van der Waals surface area contributed by atoms with Crippen molar-refractivity contribution in [1.82, 2.24) is 9.55 Å². The zero-order chi connectivity index (χ0) is 22.1. The number of esters is 1. The van der Waals surface area contributed by atoms with Gasteiger partial charge in [0.25, 0.3) is 0 Å². The number of ether oxygens (including phenoxy) is 2. The molecule has 1 aromatic heterocycles. The van der Waals surface area contributed by atoms with Crippen LogP contribution in [-0.4, -0.2) is 43.9 Å². The second kappa shape index (κ2) is 11.5. The fourth-order valence-electron chi connectivity index (χ4n) is 3.01. The molecule has 0 aliphatic carbocycles. The van der Waals surface area contributed by atoms with Gasteiger partial charge in [-0.3, -0.25) is 4.79 Å². The van der Waals surface area contributed by atoms with Gasteiger partial charge < -0.3 is 24.3 Å². The molecule has 8 heteroatoms. The summed E-state index contributed by atoms with van der Waals surface area (Å²) in [5, 5.41) is 16.2. The van der Waals surface area contributed by atoms with Gasteiger partial charge in [0.2, 0.25) is 0 Å². The minimum atomic E-state index is -1.50. The van der Waals surface area contributed by atoms with Crippen LogP contribution in [0.5, 0.6) is 0 Å². The number of carbonyl (C=O) groups is 1. The normalized spacial score (nSPS) is 18.6. The SMILES string of the molecule is CC(C)(O)O.CCOC(=O)CCSc1ccc([C@H]2CC[C@H](n3cncc3C)O2)cc1. The summed E-state index contributed by atoms with van der Waals surface area (Å²) in [6, 6.07) is 8.45. The van der Waals surface area contributed by atoms with Crippen LogP contribution in [0.1, 0.15) is 63.6 Å². The summed E-state index contributed by atoms with van der Waals surface area (Å²) < 4.78 is 13.2. The molecule has 3 rings (SSSR count). The third kappa shape index (κ3) is 8.47. The molecule has 0 saturated carbocycles. The van der Waals surface area contributed by atoms with Crippen LogP contribution in [0.25, 0.3) is 0 Å². The second-order valence-electron chi connectivity index (χ2n) is 7.57. The van der Waals surface area contributed by atoms with Crippen molar-refractivity contribution < 1.29 is 24.5 Å². The van der Waals surface area contributed by atoms with Gasteiger partial charge in [0, 0.05) is 22.5 Å². The number of aliphatic hydroxyl groups is 2. The van der Waals surface area contributed by atoms with Gasteiger partial charge in [-0.05, 0) is 58.2 Å². The van der Waals surface area contributed by atoms with Crippen LogP contribution in [0.2, 0.25) is 0 Å². The molecule has 2 atom stereocenters. The topological polar surface area (TPSA) is 93.8 Å². The first-order valence-corrected chi connectivity index (χ1v) is 11.1. The number of imidazole rings is 1. The van der Waals surface area contributed by atoms with Gasteiger partial charge in [0.05, 0.1) is 25.5 Å². The Kier molecular flexibility index (Phi) is 9.36. The van der Waals surface area contributed by atoms with E-state index in [0.717, 1.165) is 29.2 Å². The highest BCUT2D eigenvalue weighted by molar-refractivity contribution is 7.99. The number of hydrogen-bond acceptors (Lipinski definition) is 7. The van der Waals surface area contributed by atoms with Gasteiger partial charge >= 0.3 is 5.97 Å². The maximum Gasteiger partial charge on any atom is 0.306 e. The Labute approximate surface area is 182 Å². The number of hydrogen-bond donors (Lipinski definition) is 2. The fourth-order valence-corrected chi connectivity index (χ4v) is 3.84. The molecule has 1 aromatic carbocycles. The molecular weight excluding hydrogens is 404 g/mol. The molecule has 166 valence electrons. The van der Waals surface area contributed by atoms with Gasteiger partial charge in [-0.25, -0.2) is 4.98 Å². The van der Waals surface area contributed by atoms with Crippen molar-refractivity contribution >= 4 is 17.7 Å².